The minimum absolute atomic E-state index is 0.706. The van der Waals surface area contributed by atoms with Gasteiger partial charge in [-0.3, -0.25) is 4.57 Å². The number of nitrogens with zero attached hydrogens (tertiary/aromatic N) is 3. The monoisotopic (exact) mass is 405 g/mol. The molecule has 4 aromatic carbocycles. The molecule has 0 saturated carbocycles. The summed E-state index contributed by atoms with van der Waals surface area (Å²) in [5.74, 6) is 0.834. The molecule has 3 nitrogen and oxygen atoms in total. The molecule has 0 radical (unpaired) electrons. The largest absolute Gasteiger partial charge is 0.292 e. The summed E-state index contributed by atoms with van der Waals surface area (Å²) in [6.07, 6.45) is 0. The molecule has 0 aliphatic rings. The Morgan fingerprint density at radius 2 is 1.07 bits per heavy atom. The van der Waals surface area contributed by atoms with Crippen LogP contribution in [0, 0.1) is 0 Å². The highest BCUT2D eigenvalue weighted by Crippen LogP contribution is 2.35. The zero-order valence-corrected chi connectivity index (χ0v) is 16.7. The molecule has 0 atom stereocenters. The van der Waals surface area contributed by atoms with Crippen molar-refractivity contribution >= 4 is 44.2 Å². The summed E-state index contributed by atoms with van der Waals surface area (Å²) >= 11 is 6.08. The zero-order valence-electron chi connectivity index (χ0n) is 16.0. The second kappa shape index (κ2) is 6.68. The molecule has 2 heterocycles. The van der Waals surface area contributed by atoms with E-state index in [1.807, 2.05) is 36.4 Å². The molecule has 0 aliphatic carbocycles. The van der Waals surface area contributed by atoms with Gasteiger partial charge in [0.25, 0.3) is 0 Å². The van der Waals surface area contributed by atoms with Gasteiger partial charge in [-0.1, -0.05) is 84.4 Å². The maximum absolute atomic E-state index is 6.08. The van der Waals surface area contributed by atoms with E-state index >= 15 is 0 Å². The predicted octanol–water partition coefficient (Wildman–Crippen LogP) is 7.05. The molecule has 30 heavy (non-hydrogen) atoms. The van der Waals surface area contributed by atoms with Gasteiger partial charge in [0, 0.05) is 32.1 Å². The molecule has 6 rings (SSSR count). The molecule has 142 valence electrons. The highest BCUT2D eigenvalue weighted by molar-refractivity contribution is 6.30. The highest BCUT2D eigenvalue weighted by Gasteiger charge is 2.17. The van der Waals surface area contributed by atoms with Crippen molar-refractivity contribution in [2.75, 3.05) is 0 Å². The lowest BCUT2D eigenvalue weighted by Gasteiger charge is -2.12. The Morgan fingerprint density at radius 3 is 1.70 bits per heavy atom. The van der Waals surface area contributed by atoms with Crippen LogP contribution < -0.4 is 0 Å². The maximum atomic E-state index is 6.08. The summed E-state index contributed by atoms with van der Waals surface area (Å²) in [5.41, 5.74) is 4.10. The van der Waals surface area contributed by atoms with Crippen LogP contribution in [-0.4, -0.2) is 14.8 Å². The quantitative estimate of drug-likeness (QED) is 0.309. The third-order valence-corrected chi connectivity index (χ3v) is 5.83. The summed E-state index contributed by atoms with van der Waals surface area (Å²) in [6.45, 7) is 0. The van der Waals surface area contributed by atoms with Crippen molar-refractivity contribution in [3.05, 3.63) is 102 Å². The molecule has 0 unspecified atom stereocenters. The van der Waals surface area contributed by atoms with Gasteiger partial charge < -0.3 is 0 Å². The average molecular weight is 406 g/mol. The molecular weight excluding hydrogens is 390 g/mol. The minimum Gasteiger partial charge on any atom is -0.292 e. The SMILES string of the molecule is Clc1ccc(-c2nnc(-n3c4ccccc4c4ccccc43)c3ccccc23)cc1. The summed E-state index contributed by atoms with van der Waals surface area (Å²) in [7, 11) is 0. The van der Waals surface area contributed by atoms with Gasteiger partial charge in [-0.05, 0) is 24.3 Å². The summed E-state index contributed by atoms with van der Waals surface area (Å²) < 4.78 is 2.21. The number of halogens is 1. The van der Waals surface area contributed by atoms with Gasteiger partial charge >= 0.3 is 0 Å². The van der Waals surface area contributed by atoms with E-state index in [0.717, 1.165) is 38.9 Å². The Bertz CT molecular complexity index is 1500. The molecule has 2 aromatic heterocycles. The van der Waals surface area contributed by atoms with E-state index in [0.29, 0.717) is 5.02 Å². The van der Waals surface area contributed by atoms with E-state index in [2.05, 4.69) is 70.3 Å². The van der Waals surface area contributed by atoms with Gasteiger partial charge in [0.1, 0.15) is 5.69 Å². The van der Waals surface area contributed by atoms with Crippen LogP contribution >= 0.6 is 11.6 Å². The van der Waals surface area contributed by atoms with E-state index in [9.17, 15) is 0 Å². The molecular formula is C26H16ClN3. The van der Waals surface area contributed by atoms with Crippen molar-refractivity contribution < 1.29 is 0 Å². The molecule has 0 fully saturated rings. The molecule has 6 aromatic rings. The number of hydrogen-bond donors (Lipinski definition) is 0. The number of rotatable bonds is 2. The minimum atomic E-state index is 0.706. The Labute approximate surface area is 178 Å². The fraction of sp³-hybridized carbons (Fsp3) is 0. The number of hydrogen-bond acceptors (Lipinski definition) is 2. The van der Waals surface area contributed by atoms with Gasteiger partial charge in [-0.25, -0.2) is 0 Å². The lowest BCUT2D eigenvalue weighted by molar-refractivity contribution is 0.977. The lowest BCUT2D eigenvalue weighted by Crippen LogP contribution is -2.02. The van der Waals surface area contributed by atoms with Crippen LogP contribution in [0.15, 0.2) is 97.1 Å². The molecule has 0 saturated heterocycles. The number of para-hydroxylation sites is 2. The summed E-state index contributed by atoms with van der Waals surface area (Å²) in [6, 6.07) is 32.9. The Hall–Kier alpha value is -3.69. The van der Waals surface area contributed by atoms with Crippen LogP contribution in [0.2, 0.25) is 5.02 Å². The van der Waals surface area contributed by atoms with Crippen LogP contribution in [0.3, 0.4) is 0 Å². The Kier molecular flexibility index (Phi) is 3.83. The normalized spacial score (nSPS) is 11.5. The van der Waals surface area contributed by atoms with E-state index in [1.165, 1.54) is 10.8 Å². The van der Waals surface area contributed by atoms with Gasteiger partial charge in [0.2, 0.25) is 0 Å². The number of fused-ring (bicyclic) bond motifs is 4. The highest BCUT2D eigenvalue weighted by atomic mass is 35.5. The molecule has 0 N–H and O–H groups in total. The van der Waals surface area contributed by atoms with Gasteiger partial charge in [-0.2, -0.15) is 0 Å². The van der Waals surface area contributed by atoms with Crippen molar-refractivity contribution in [1.29, 1.82) is 0 Å². The van der Waals surface area contributed by atoms with E-state index in [-0.39, 0.29) is 0 Å². The molecule has 0 aliphatic heterocycles. The molecule has 0 spiro atoms. The smallest absolute Gasteiger partial charge is 0.168 e. The van der Waals surface area contributed by atoms with Crippen LogP contribution in [0.4, 0.5) is 0 Å². The predicted molar refractivity (Wildman–Crippen MR) is 124 cm³/mol. The van der Waals surface area contributed by atoms with Gasteiger partial charge in [0.15, 0.2) is 5.82 Å². The number of aromatic nitrogens is 3. The standard InChI is InChI=1S/C26H16ClN3/c27-18-15-13-17(14-16-18)25-21-9-1-2-10-22(21)26(29-28-25)30-23-11-5-3-7-19(23)20-8-4-6-12-24(20)30/h1-16H. The molecule has 0 bridgehead atoms. The van der Waals surface area contributed by atoms with E-state index in [1.54, 1.807) is 0 Å². The van der Waals surface area contributed by atoms with Crippen molar-refractivity contribution in [3.8, 4) is 17.1 Å². The van der Waals surface area contributed by atoms with E-state index in [4.69, 9.17) is 16.7 Å². The fourth-order valence-electron chi connectivity index (χ4n) is 4.23. The second-order valence-corrected chi connectivity index (χ2v) is 7.73. The van der Waals surface area contributed by atoms with Crippen molar-refractivity contribution in [3.63, 3.8) is 0 Å². The van der Waals surface area contributed by atoms with Gasteiger partial charge in [-0.15, -0.1) is 10.2 Å². The van der Waals surface area contributed by atoms with Crippen molar-refractivity contribution in [1.82, 2.24) is 14.8 Å². The summed E-state index contributed by atoms with van der Waals surface area (Å²) in [5, 5.41) is 14.6. The maximum Gasteiger partial charge on any atom is 0.168 e. The third-order valence-electron chi connectivity index (χ3n) is 5.58. The first kappa shape index (κ1) is 17.2. The van der Waals surface area contributed by atoms with Crippen LogP contribution in [0.5, 0.6) is 0 Å². The van der Waals surface area contributed by atoms with Crippen LogP contribution in [-0.2, 0) is 0 Å². The Morgan fingerprint density at radius 1 is 0.533 bits per heavy atom. The topological polar surface area (TPSA) is 30.7 Å². The second-order valence-electron chi connectivity index (χ2n) is 7.29. The molecule has 0 amide bonds. The lowest BCUT2D eigenvalue weighted by atomic mass is 10.0. The van der Waals surface area contributed by atoms with Crippen molar-refractivity contribution in [2.45, 2.75) is 0 Å². The first-order chi connectivity index (χ1) is 14.8. The average Bonchev–Trinajstić information content (AvgIpc) is 3.13. The first-order valence-electron chi connectivity index (χ1n) is 9.81. The third kappa shape index (κ3) is 2.53. The van der Waals surface area contributed by atoms with E-state index < -0.39 is 0 Å². The number of benzene rings is 4. The van der Waals surface area contributed by atoms with Crippen molar-refractivity contribution in [2.24, 2.45) is 0 Å². The molecule has 4 heteroatoms. The first-order valence-corrected chi connectivity index (χ1v) is 10.2. The zero-order chi connectivity index (χ0) is 20.1. The van der Waals surface area contributed by atoms with Crippen LogP contribution in [0.1, 0.15) is 0 Å². The summed E-state index contributed by atoms with van der Waals surface area (Å²) in [4.78, 5) is 0. The van der Waals surface area contributed by atoms with Gasteiger partial charge in [0.05, 0.1) is 11.0 Å². The van der Waals surface area contributed by atoms with Crippen LogP contribution in [0.25, 0.3) is 49.7 Å². The fourth-order valence-corrected chi connectivity index (χ4v) is 4.35. The Balaban J connectivity index is 1.71.